The van der Waals surface area contributed by atoms with E-state index < -0.39 is 0 Å². The van der Waals surface area contributed by atoms with Crippen LogP contribution in [0, 0.1) is 0 Å². The van der Waals surface area contributed by atoms with Crippen molar-refractivity contribution >= 4 is 154 Å². The minimum absolute atomic E-state index is 0. The Labute approximate surface area is 257 Å². The maximum absolute atomic E-state index is 2.33. The summed E-state index contributed by atoms with van der Waals surface area (Å²) in [5, 5.41) is 0. The van der Waals surface area contributed by atoms with E-state index in [1.807, 2.05) is 0 Å². The van der Waals surface area contributed by atoms with E-state index in [9.17, 15) is 0 Å². The third-order valence-electron chi connectivity index (χ3n) is 3.94. The molecule has 0 bridgehead atoms. The zero-order chi connectivity index (χ0) is 13.0. The van der Waals surface area contributed by atoms with E-state index in [0.29, 0.717) is 0 Å². The van der Waals surface area contributed by atoms with Crippen molar-refractivity contribution in [3.63, 3.8) is 0 Å². The molecule has 0 saturated heterocycles. The third kappa shape index (κ3) is 17.7. The Hall–Kier alpha value is 4.87. The summed E-state index contributed by atoms with van der Waals surface area (Å²) in [6.07, 6.45) is 11.1. The zero-order valence-electron chi connectivity index (χ0n) is 12.9. The van der Waals surface area contributed by atoms with Gasteiger partial charge in [-0.15, -0.1) is 0 Å². The second-order valence-corrected chi connectivity index (χ2v) is 5.65. The van der Waals surface area contributed by atoms with Crippen molar-refractivity contribution in [3.05, 3.63) is 0 Å². The molecule has 0 aliphatic rings. The van der Waals surface area contributed by atoms with Gasteiger partial charge in [0.1, 0.15) is 0 Å². The fourth-order valence-corrected chi connectivity index (χ4v) is 2.64. The molecular weight excluding hydrogens is 323 g/mol. The van der Waals surface area contributed by atoms with Crippen molar-refractivity contribution < 1.29 is 4.48 Å². The Morgan fingerprint density at radius 2 is 0.650 bits per heavy atom. The van der Waals surface area contributed by atoms with Crippen LogP contribution in [0.25, 0.3) is 0 Å². The predicted molar refractivity (Wildman–Crippen MR) is 101 cm³/mol. The molecule has 0 aromatic carbocycles. The number of quaternary nitrogens is 1. The molecule has 20 heavy (non-hydrogen) atoms. The summed E-state index contributed by atoms with van der Waals surface area (Å²) in [5.74, 6) is 0. The number of hydrogen-bond acceptors (Lipinski definition) is 0. The van der Waals surface area contributed by atoms with Crippen molar-refractivity contribution in [2.24, 2.45) is 0 Å². The first-order valence-corrected chi connectivity index (χ1v) is 8.09. The molecule has 0 unspecified atom stereocenters. The van der Waals surface area contributed by atoms with Gasteiger partial charge in [-0.05, 0) is 25.7 Å². The molecule has 0 atom stereocenters. The van der Waals surface area contributed by atoms with Gasteiger partial charge in [-0.25, -0.2) is 0 Å². The summed E-state index contributed by atoms with van der Waals surface area (Å²) < 4.78 is 1.42. The van der Waals surface area contributed by atoms with Crippen LogP contribution in [0.1, 0.15) is 79.1 Å². The van der Waals surface area contributed by atoms with Gasteiger partial charge in [0.25, 0.3) is 0 Å². The van der Waals surface area contributed by atoms with Gasteiger partial charge in [-0.3, -0.25) is 0 Å². The molecule has 110 valence electrons. The fourth-order valence-electron chi connectivity index (χ4n) is 2.64. The normalized spacial score (nSPS) is 10.2. The van der Waals surface area contributed by atoms with E-state index >= 15 is 0 Å². The monoisotopic (exact) mass is 362 g/mol. The molecule has 0 aromatic rings. The van der Waals surface area contributed by atoms with Crippen LogP contribution in [0.5, 0.6) is 0 Å². The zero-order valence-corrected chi connectivity index (χ0v) is 12.9. The van der Waals surface area contributed by atoms with Gasteiger partial charge in [0.05, 0.1) is 26.2 Å². The summed E-state index contributed by atoms with van der Waals surface area (Å²) >= 11 is 0. The first kappa shape index (κ1) is 32.5. The summed E-state index contributed by atoms with van der Waals surface area (Å²) in [6.45, 7) is 15.0. The first-order valence-electron chi connectivity index (χ1n) is 8.09. The average Bonchev–Trinajstić information content (AvgIpc) is 2.37. The van der Waals surface area contributed by atoms with E-state index in [-0.39, 0.29) is 154 Å². The van der Waals surface area contributed by atoms with Gasteiger partial charge in [0.2, 0.25) is 0 Å². The molecular formula is C16H39K3N+. The molecule has 0 saturated carbocycles. The first-order chi connectivity index (χ1) is 8.24. The van der Waals surface area contributed by atoms with Crippen LogP contribution in [-0.4, -0.2) is 185 Å². The maximum atomic E-state index is 2.33. The Balaban J connectivity index is -0.000000427. The van der Waals surface area contributed by atoms with E-state index in [1.165, 1.54) is 82.0 Å². The summed E-state index contributed by atoms with van der Waals surface area (Å²) in [5.41, 5.74) is 0. The second kappa shape index (κ2) is 23.9. The summed E-state index contributed by atoms with van der Waals surface area (Å²) in [7, 11) is 0. The molecule has 0 spiro atoms. The van der Waals surface area contributed by atoms with Crippen LogP contribution in [0.2, 0.25) is 0 Å². The predicted octanol–water partition coefficient (Wildman–Crippen LogP) is 3.06. The van der Waals surface area contributed by atoms with Crippen molar-refractivity contribution in [2.45, 2.75) is 79.1 Å². The molecule has 1 nitrogen and oxygen atoms in total. The second-order valence-electron chi connectivity index (χ2n) is 5.65. The Morgan fingerprint density at radius 3 is 0.800 bits per heavy atom. The van der Waals surface area contributed by atoms with Gasteiger partial charge in [0.15, 0.2) is 0 Å². The minimum atomic E-state index is 0. The van der Waals surface area contributed by atoms with Crippen LogP contribution in [0.3, 0.4) is 0 Å². The quantitative estimate of drug-likeness (QED) is 0.370. The van der Waals surface area contributed by atoms with Gasteiger partial charge in [-0.1, -0.05) is 53.4 Å². The van der Waals surface area contributed by atoms with Gasteiger partial charge in [-0.2, -0.15) is 0 Å². The van der Waals surface area contributed by atoms with E-state index in [0.717, 1.165) is 0 Å². The SMILES string of the molecule is CCCC[N+](CCCC)(CCCC)CCCC.[KH].[KH].[KH]. The van der Waals surface area contributed by atoms with Gasteiger partial charge < -0.3 is 4.48 Å². The number of rotatable bonds is 12. The fraction of sp³-hybridized carbons (Fsp3) is 1.00. The Bertz CT molecular complexity index is 128. The Kier molecular flexibility index (Phi) is 38.8. The molecule has 0 amide bonds. The molecule has 0 fully saturated rings. The molecule has 4 heteroatoms. The topological polar surface area (TPSA) is 0 Å². The van der Waals surface area contributed by atoms with Crippen LogP contribution >= 0.6 is 0 Å². The summed E-state index contributed by atoms with van der Waals surface area (Å²) in [4.78, 5) is 0. The molecule has 0 aliphatic carbocycles. The molecule has 0 aliphatic heterocycles. The summed E-state index contributed by atoms with van der Waals surface area (Å²) in [6, 6.07) is 0. The van der Waals surface area contributed by atoms with E-state index in [1.54, 1.807) is 0 Å². The van der Waals surface area contributed by atoms with E-state index in [2.05, 4.69) is 27.7 Å². The molecule has 0 aromatic heterocycles. The van der Waals surface area contributed by atoms with E-state index in [4.69, 9.17) is 0 Å². The Morgan fingerprint density at radius 1 is 0.450 bits per heavy atom. The van der Waals surface area contributed by atoms with Crippen molar-refractivity contribution in [3.8, 4) is 0 Å². The van der Waals surface area contributed by atoms with Gasteiger partial charge >= 0.3 is 154 Å². The average molecular weight is 363 g/mol. The van der Waals surface area contributed by atoms with Gasteiger partial charge in [0, 0.05) is 0 Å². The van der Waals surface area contributed by atoms with Crippen molar-refractivity contribution in [1.29, 1.82) is 0 Å². The third-order valence-corrected chi connectivity index (χ3v) is 3.94. The molecule has 0 rings (SSSR count). The molecule has 0 heterocycles. The van der Waals surface area contributed by atoms with Crippen LogP contribution in [0.15, 0.2) is 0 Å². The van der Waals surface area contributed by atoms with Crippen LogP contribution in [0.4, 0.5) is 0 Å². The van der Waals surface area contributed by atoms with Crippen molar-refractivity contribution in [2.75, 3.05) is 26.2 Å². The van der Waals surface area contributed by atoms with Crippen LogP contribution < -0.4 is 0 Å². The van der Waals surface area contributed by atoms with Crippen LogP contribution in [-0.2, 0) is 0 Å². The van der Waals surface area contributed by atoms with Crippen molar-refractivity contribution in [1.82, 2.24) is 0 Å². The number of hydrogen-bond donors (Lipinski definition) is 0. The number of nitrogens with zero attached hydrogens (tertiary/aromatic N) is 1. The molecule has 0 radical (unpaired) electrons. The standard InChI is InChI=1S/C16H36N.3K.3H/c1-5-9-13-17(14-10-6-2,15-11-7-3)16-12-8-4;;;;;;/h5-16H2,1-4H3;;;;;;/q+1;;;;;;. The number of unbranched alkanes of at least 4 members (excludes halogenated alkanes) is 4. The molecule has 0 N–H and O–H groups in total.